The number of piperidine rings is 1. The third-order valence-electron chi connectivity index (χ3n) is 5.98. The van der Waals surface area contributed by atoms with Crippen LogP contribution < -0.4 is 10.2 Å². The first-order valence-electron chi connectivity index (χ1n) is 9.28. The van der Waals surface area contributed by atoms with E-state index >= 15 is 0 Å². The topological polar surface area (TPSA) is 55.8 Å². The van der Waals surface area contributed by atoms with E-state index in [0.29, 0.717) is 31.0 Å². The summed E-state index contributed by atoms with van der Waals surface area (Å²) in [7, 11) is 0. The molecule has 5 heteroatoms. The van der Waals surface area contributed by atoms with Gasteiger partial charge in [0.15, 0.2) is 0 Å². The number of carboxylic acid groups (broad SMARTS) is 1. The molecule has 4 rings (SSSR count). The first kappa shape index (κ1) is 15.6. The minimum Gasteiger partial charge on any atom is -0.465 e. The summed E-state index contributed by atoms with van der Waals surface area (Å²) in [6.07, 6.45) is 5.38. The average molecular weight is 329 g/mol. The Balaban J connectivity index is 1.31. The molecule has 2 saturated heterocycles. The van der Waals surface area contributed by atoms with E-state index in [1.54, 1.807) is 4.90 Å². The van der Waals surface area contributed by atoms with Gasteiger partial charge in [-0.05, 0) is 68.2 Å². The molecule has 1 aromatic rings. The Bertz CT molecular complexity index is 569. The zero-order valence-corrected chi connectivity index (χ0v) is 14.2. The smallest absolute Gasteiger partial charge is 0.407 e. The molecule has 0 radical (unpaired) electrons. The number of anilines is 2. The van der Waals surface area contributed by atoms with Crippen LogP contribution in [0.5, 0.6) is 0 Å². The fourth-order valence-corrected chi connectivity index (χ4v) is 4.73. The van der Waals surface area contributed by atoms with E-state index in [-0.39, 0.29) is 0 Å². The van der Waals surface area contributed by atoms with Crippen molar-refractivity contribution in [1.29, 1.82) is 0 Å². The van der Waals surface area contributed by atoms with Gasteiger partial charge < -0.3 is 20.2 Å². The number of hydrogen-bond acceptors (Lipinski definition) is 3. The number of nitrogens with one attached hydrogen (secondary N) is 1. The predicted molar refractivity (Wildman–Crippen MR) is 95.7 cm³/mol. The van der Waals surface area contributed by atoms with Crippen LogP contribution in [0.25, 0.3) is 0 Å². The Morgan fingerprint density at radius 3 is 2.21 bits per heavy atom. The van der Waals surface area contributed by atoms with Crippen LogP contribution in [0.1, 0.15) is 32.1 Å². The van der Waals surface area contributed by atoms with Crippen molar-refractivity contribution in [1.82, 2.24) is 4.90 Å². The zero-order valence-electron chi connectivity index (χ0n) is 14.2. The summed E-state index contributed by atoms with van der Waals surface area (Å²) in [5.74, 6) is 1.07. The van der Waals surface area contributed by atoms with Crippen molar-refractivity contribution < 1.29 is 9.90 Å². The zero-order chi connectivity index (χ0) is 16.5. The standard InChI is InChI=1S/C19H27N3O2/c23-19(24)22-12-14-10-17(11-15(14)13-22)20-16-4-6-18(7-5-16)21-8-2-1-3-9-21/h4-7,14-15,17,20H,1-3,8-13H2,(H,23,24)/t14-,15+,17?. The van der Waals surface area contributed by atoms with Gasteiger partial charge in [-0.3, -0.25) is 0 Å². The van der Waals surface area contributed by atoms with Crippen molar-refractivity contribution in [2.45, 2.75) is 38.1 Å². The maximum Gasteiger partial charge on any atom is 0.407 e. The summed E-state index contributed by atoms with van der Waals surface area (Å²) < 4.78 is 0. The highest BCUT2D eigenvalue weighted by Gasteiger charge is 2.42. The molecular weight excluding hydrogens is 302 g/mol. The summed E-state index contributed by atoms with van der Waals surface area (Å²) in [4.78, 5) is 15.1. The van der Waals surface area contributed by atoms with E-state index in [1.807, 2.05) is 0 Å². The van der Waals surface area contributed by atoms with Gasteiger partial charge in [0.1, 0.15) is 0 Å². The minimum absolute atomic E-state index is 0.483. The second kappa shape index (κ2) is 6.54. The summed E-state index contributed by atoms with van der Waals surface area (Å²) in [6, 6.07) is 9.34. The highest BCUT2D eigenvalue weighted by Crippen LogP contribution is 2.39. The molecule has 2 heterocycles. The van der Waals surface area contributed by atoms with Crippen molar-refractivity contribution in [2.24, 2.45) is 11.8 Å². The van der Waals surface area contributed by atoms with E-state index in [0.717, 1.165) is 12.8 Å². The minimum atomic E-state index is -0.762. The molecule has 1 saturated carbocycles. The van der Waals surface area contributed by atoms with Crippen molar-refractivity contribution >= 4 is 17.5 Å². The maximum atomic E-state index is 11.1. The second-order valence-electron chi connectivity index (χ2n) is 7.61. The number of likely N-dealkylation sites (tertiary alicyclic amines) is 1. The number of hydrogen-bond donors (Lipinski definition) is 2. The lowest BCUT2D eigenvalue weighted by Crippen LogP contribution is -2.29. The van der Waals surface area contributed by atoms with Crippen LogP contribution in [0.15, 0.2) is 24.3 Å². The number of nitrogens with zero attached hydrogens (tertiary/aromatic N) is 2. The van der Waals surface area contributed by atoms with Crippen molar-refractivity contribution in [3.63, 3.8) is 0 Å². The Morgan fingerprint density at radius 1 is 1.00 bits per heavy atom. The molecule has 130 valence electrons. The van der Waals surface area contributed by atoms with E-state index in [1.165, 1.54) is 43.7 Å². The molecule has 2 aliphatic heterocycles. The van der Waals surface area contributed by atoms with Gasteiger partial charge in [-0.2, -0.15) is 0 Å². The van der Waals surface area contributed by atoms with Crippen molar-refractivity contribution in [3.05, 3.63) is 24.3 Å². The number of amides is 1. The fraction of sp³-hybridized carbons (Fsp3) is 0.632. The van der Waals surface area contributed by atoms with Gasteiger partial charge in [-0.25, -0.2) is 4.79 Å². The summed E-state index contributed by atoms with van der Waals surface area (Å²) in [5.41, 5.74) is 2.52. The van der Waals surface area contributed by atoms with Crippen molar-refractivity contribution in [2.75, 3.05) is 36.4 Å². The molecule has 24 heavy (non-hydrogen) atoms. The largest absolute Gasteiger partial charge is 0.465 e. The fourth-order valence-electron chi connectivity index (χ4n) is 4.73. The Morgan fingerprint density at radius 2 is 1.62 bits per heavy atom. The monoisotopic (exact) mass is 329 g/mol. The van der Waals surface area contributed by atoms with Crippen LogP contribution in [0.2, 0.25) is 0 Å². The number of benzene rings is 1. The molecule has 3 fully saturated rings. The van der Waals surface area contributed by atoms with Gasteiger partial charge in [0.25, 0.3) is 0 Å². The SMILES string of the molecule is O=C(O)N1C[C@H]2CC(Nc3ccc(N4CCCCC4)cc3)C[C@H]2C1. The van der Waals surface area contributed by atoms with Crippen LogP contribution in [0.3, 0.4) is 0 Å². The molecule has 1 unspecified atom stereocenters. The van der Waals surface area contributed by atoms with Gasteiger partial charge in [0, 0.05) is 43.6 Å². The predicted octanol–water partition coefficient (Wildman–Crippen LogP) is 3.48. The summed E-state index contributed by atoms with van der Waals surface area (Å²) >= 11 is 0. The van der Waals surface area contributed by atoms with Gasteiger partial charge >= 0.3 is 6.09 Å². The molecule has 0 aromatic heterocycles. The Kier molecular flexibility index (Phi) is 4.25. The van der Waals surface area contributed by atoms with Crippen molar-refractivity contribution in [3.8, 4) is 0 Å². The second-order valence-corrected chi connectivity index (χ2v) is 7.61. The first-order chi connectivity index (χ1) is 11.7. The van der Waals surface area contributed by atoms with E-state index < -0.39 is 6.09 Å². The van der Waals surface area contributed by atoms with Gasteiger partial charge in [0.2, 0.25) is 0 Å². The number of rotatable bonds is 3. The van der Waals surface area contributed by atoms with Crippen LogP contribution >= 0.6 is 0 Å². The van der Waals surface area contributed by atoms with Gasteiger partial charge in [-0.15, -0.1) is 0 Å². The van der Waals surface area contributed by atoms with Crippen LogP contribution in [-0.4, -0.2) is 48.3 Å². The highest BCUT2D eigenvalue weighted by molar-refractivity contribution is 5.65. The molecule has 1 aromatic carbocycles. The molecular formula is C19H27N3O2. The van der Waals surface area contributed by atoms with Crippen LogP contribution in [0.4, 0.5) is 16.2 Å². The highest BCUT2D eigenvalue weighted by atomic mass is 16.4. The first-order valence-corrected chi connectivity index (χ1v) is 9.28. The van der Waals surface area contributed by atoms with Crippen LogP contribution in [-0.2, 0) is 0 Å². The molecule has 3 aliphatic rings. The Labute approximate surface area is 143 Å². The lowest BCUT2D eigenvalue weighted by atomic mass is 10.0. The molecule has 1 amide bonds. The number of fused-ring (bicyclic) bond motifs is 1. The van der Waals surface area contributed by atoms with E-state index in [9.17, 15) is 4.79 Å². The maximum absolute atomic E-state index is 11.1. The molecule has 0 spiro atoms. The van der Waals surface area contributed by atoms with E-state index in [4.69, 9.17) is 5.11 Å². The molecule has 3 atom stereocenters. The number of carbonyl (C=O) groups is 1. The van der Waals surface area contributed by atoms with E-state index in [2.05, 4.69) is 34.5 Å². The molecule has 1 aliphatic carbocycles. The lowest BCUT2D eigenvalue weighted by Gasteiger charge is -2.29. The third-order valence-corrected chi connectivity index (χ3v) is 5.98. The Hall–Kier alpha value is -1.91. The average Bonchev–Trinajstić information content (AvgIpc) is 3.15. The molecule has 0 bridgehead atoms. The molecule has 2 N–H and O–H groups in total. The molecule has 5 nitrogen and oxygen atoms in total. The van der Waals surface area contributed by atoms with Crippen LogP contribution in [0, 0.1) is 11.8 Å². The third kappa shape index (κ3) is 3.17. The normalized spacial score (nSPS) is 29.6. The quantitative estimate of drug-likeness (QED) is 0.891. The summed E-state index contributed by atoms with van der Waals surface area (Å²) in [5, 5.41) is 12.8. The van der Waals surface area contributed by atoms with Gasteiger partial charge in [-0.1, -0.05) is 0 Å². The summed E-state index contributed by atoms with van der Waals surface area (Å²) in [6.45, 7) is 3.79. The van der Waals surface area contributed by atoms with Gasteiger partial charge in [0.05, 0.1) is 0 Å². The lowest BCUT2D eigenvalue weighted by molar-refractivity contribution is 0.152.